The van der Waals surface area contributed by atoms with E-state index < -0.39 is 0 Å². The van der Waals surface area contributed by atoms with Gasteiger partial charge in [0.25, 0.3) is 5.56 Å². The number of piperidine rings is 1. The van der Waals surface area contributed by atoms with E-state index >= 15 is 0 Å². The van der Waals surface area contributed by atoms with E-state index in [1.807, 2.05) is 18.2 Å². The van der Waals surface area contributed by atoms with E-state index in [4.69, 9.17) is 9.47 Å². The Labute approximate surface area is 160 Å². The van der Waals surface area contributed by atoms with Crippen molar-refractivity contribution in [3.05, 3.63) is 58.1 Å². The molecule has 0 unspecified atom stereocenters. The summed E-state index contributed by atoms with van der Waals surface area (Å²) in [6, 6.07) is 7.88. The number of H-pyrrole nitrogens is 1. The van der Waals surface area contributed by atoms with E-state index in [0.717, 1.165) is 43.9 Å². The van der Waals surface area contributed by atoms with Crippen LogP contribution < -0.4 is 10.3 Å². The second-order valence-electron chi connectivity index (χ2n) is 7.09. The first-order valence-corrected chi connectivity index (χ1v) is 9.71. The number of methoxy groups -OCH3 is 1. The van der Waals surface area contributed by atoms with Crippen molar-refractivity contribution in [1.82, 2.24) is 14.9 Å². The molecule has 6 nitrogen and oxygen atoms in total. The fourth-order valence-corrected chi connectivity index (χ4v) is 3.58. The molecule has 0 radical (unpaired) electrons. The standard InChI is InChI=1S/C21H29N3O3/c1-26-14-15-27-21-18(4-2-11-23-21)7-6-17-8-12-24(13-9-17)16-19-5-3-10-22-20(19)25/h2-5,10-11,17H,6-9,12-16H2,1H3,(H,22,25). The Morgan fingerprint density at radius 1 is 1.19 bits per heavy atom. The molecule has 0 amide bonds. The highest BCUT2D eigenvalue weighted by Crippen LogP contribution is 2.25. The predicted octanol–water partition coefficient (Wildman–Crippen LogP) is 2.64. The third-order valence-electron chi connectivity index (χ3n) is 5.20. The number of pyridine rings is 2. The molecule has 146 valence electrons. The lowest BCUT2D eigenvalue weighted by molar-refractivity contribution is 0.142. The van der Waals surface area contributed by atoms with Crippen LogP contribution in [0.5, 0.6) is 5.88 Å². The molecule has 0 aromatic carbocycles. The van der Waals surface area contributed by atoms with Gasteiger partial charge < -0.3 is 14.5 Å². The Kier molecular flexibility index (Phi) is 7.42. The van der Waals surface area contributed by atoms with Gasteiger partial charge in [0.2, 0.25) is 5.88 Å². The first-order valence-electron chi connectivity index (χ1n) is 9.71. The van der Waals surface area contributed by atoms with E-state index in [9.17, 15) is 4.79 Å². The van der Waals surface area contributed by atoms with E-state index in [2.05, 4.69) is 20.9 Å². The normalized spacial score (nSPS) is 15.7. The smallest absolute Gasteiger partial charge is 0.252 e. The molecule has 0 aliphatic carbocycles. The van der Waals surface area contributed by atoms with Crippen LogP contribution in [0.3, 0.4) is 0 Å². The molecule has 1 fully saturated rings. The van der Waals surface area contributed by atoms with Crippen molar-refractivity contribution in [2.24, 2.45) is 5.92 Å². The topological polar surface area (TPSA) is 67.5 Å². The van der Waals surface area contributed by atoms with Crippen molar-refractivity contribution in [3.8, 4) is 5.88 Å². The third kappa shape index (κ3) is 5.91. The fraction of sp³-hybridized carbons (Fsp3) is 0.524. The van der Waals surface area contributed by atoms with E-state index in [1.54, 1.807) is 19.5 Å². The second kappa shape index (κ2) is 10.2. The number of hydrogen-bond donors (Lipinski definition) is 1. The van der Waals surface area contributed by atoms with Crippen molar-refractivity contribution in [2.75, 3.05) is 33.4 Å². The van der Waals surface area contributed by atoms with Crippen molar-refractivity contribution in [3.63, 3.8) is 0 Å². The van der Waals surface area contributed by atoms with Gasteiger partial charge in [0, 0.05) is 37.2 Å². The van der Waals surface area contributed by atoms with Crippen LogP contribution in [0.1, 0.15) is 30.4 Å². The quantitative estimate of drug-likeness (QED) is 0.687. The Hall–Kier alpha value is -2.18. The second-order valence-corrected chi connectivity index (χ2v) is 7.09. The molecule has 3 rings (SSSR count). The van der Waals surface area contributed by atoms with Crippen LogP contribution in [0.2, 0.25) is 0 Å². The lowest BCUT2D eigenvalue weighted by Crippen LogP contribution is -2.35. The zero-order valence-corrected chi connectivity index (χ0v) is 16.0. The van der Waals surface area contributed by atoms with Crippen LogP contribution >= 0.6 is 0 Å². The van der Waals surface area contributed by atoms with E-state index in [-0.39, 0.29) is 5.56 Å². The van der Waals surface area contributed by atoms with E-state index in [0.29, 0.717) is 19.1 Å². The first kappa shape index (κ1) is 19.6. The minimum absolute atomic E-state index is 0.0252. The number of aryl methyl sites for hydroxylation is 1. The number of likely N-dealkylation sites (tertiary alicyclic amines) is 1. The zero-order valence-electron chi connectivity index (χ0n) is 16.0. The number of hydrogen-bond acceptors (Lipinski definition) is 5. The Bertz CT molecular complexity index is 754. The molecule has 0 spiro atoms. The van der Waals surface area contributed by atoms with Crippen LogP contribution in [0.25, 0.3) is 0 Å². The molecular weight excluding hydrogens is 342 g/mol. The van der Waals surface area contributed by atoms with Gasteiger partial charge in [-0.05, 0) is 56.8 Å². The summed E-state index contributed by atoms with van der Waals surface area (Å²) in [5.41, 5.74) is 2.05. The molecule has 2 aromatic heterocycles. The summed E-state index contributed by atoms with van der Waals surface area (Å²) in [7, 11) is 1.67. The molecule has 0 atom stereocenters. The largest absolute Gasteiger partial charge is 0.475 e. The molecule has 2 aromatic rings. The molecule has 1 aliphatic heterocycles. The summed E-state index contributed by atoms with van der Waals surface area (Å²) < 4.78 is 10.8. The van der Waals surface area contributed by atoms with Crippen molar-refractivity contribution in [1.29, 1.82) is 0 Å². The molecule has 3 heterocycles. The van der Waals surface area contributed by atoms with Crippen molar-refractivity contribution < 1.29 is 9.47 Å². The molecule has 6 heteroatoms. The number of rotatable bonds is 9. The molecule has 0 bridgehead atoms. The lowest BCUT2D eigenvalue weighted by atomic mass is 9.90. The lowest BCUT2D eigenvalue weighted by Gasteiger charge is -2.31. The number of nitrogens with one attached hydrogen (secondary N) is 1. The molecule has 0 saturated carbocycles. The van der Waals surface area contributed by atoms with Gasteiger partial charge in [0.1, 0.15) is 6.61 Å². The monoisotopic (exact) mass is 371 g/mol. The van der Waals surface area contributed by atoms with Crippen LogP contribution in [0.15, 0.2) is 41.5 Å². The third-order valence-corrected chi connectivity index (χ3v) is 5.20. The Morgan fingerprint density at radius 3 is 2.78 bits per heavy atom. The number of ether oxygens (including phenoxy) is 2. The number of nitrogens with zero attached hydrogens (tertiary/aromatic N) is 2. The summed E-state index contributed by atoms with van der Waals surface area (Å²) in [4.78, 5) is 21.3. The van der Waals surface area contributed by atoms with Gasteiger partial charge >= 0.3 is 0 Å². The van der Waals surface area contributed by atoms with Crippen LogP contribution in [0, 0.1) is 5.92 Å². The van der Waals surface area contributed by atoms with Crippen LogP contribution in [-0.4, -0.2) is 48.3 Å². The Balaban J connectivity index is 1.45. The summed E-state index contributed by atoms with van der Waals surface area (Å²) in [6.45, 7) is 3.92. The summed E-state index contributed by atoms with van der Waals surface area (Å²) in [5.74, 6) is 1.44. The summed E-state index contributed by atoms with van der Waals surface area (Å²) in [6.07, 6.45) is 7.93. The van der Waals surface area contributed by atoms with Gasteiger partial charge in [0.05, 0.1) is 6.61 Å². The van der Waals surface area contributed by atoms with Gasteiger partial charge in [0.15, 0.2) is 0 Å². The highest BCUT2D eigenvalue weighted by Gasteiger charge is 2.20. The van der Waals surface area contributed by atoms with Gasteiger partial charge in [-0.3, -0.25) is 9.69 Å². The molecule has 1 N–H and O–H groups in total. The van der Waals surface area contributed by atoms with Crippen LogP contribution in [0.4, 0.5) is 0 Å². The minimum Gasteiger partial charge on any atom is -0.475 e. The van der Waals surface area contributed by atoms with Crippen LogP contribution in [-0.2, 0) is 17.7 Å². The summed E-state index contributed by atoms with van der Waals surface area (Å²) >= 11 is 0. The highest BCUT2D eigenvalue weighted by molar-refractivity contribution is 5.25. The van der Waals surface area contributed by atoms with Gasteiger partial charge in [-0.2, -0.15) is 0 Å². The minimum atomic E-state index is 0.0252. The predicted molar refractivity (Wildman–Crippen MR) is 105 cm³/mol. The SMILES string of the molecule is COCCOc1ncccc1CCC1CCN(Cc2ccc[nH]c2=O)CC1. The van der Waals surface area contributed by atoms with Crippen molar-refractivity contribution >= 4 is 0 Å². The highest BCUT2D eigenvalue weighted by atomic mass is 16.5. The molecule has 1 saturated heterocycles. The fourth-order valence-electron chi connectivity index (χ4n) is 3.58. The van der Waals surface area contributed by atoms with E-state index in [1.165, 1.54) is 18.4 Å². The van der Waals surface area contributed by atoms with Gasteiger partial charge in [-0.1, -0.05) is 12.1 Å². The van der Waals surface area contributed by atoms with Gasteiger partial charge in [-0.25, -0.2) is 4.98 Å². The average Bonchev–Trinajstić information content (AvgIpc) is 2.70. The van der Waals surface area contributed by atoms with Gasteiger partial charge in [-0.15, -0.1) is 0 Å². The maximum Gasteiger partial charge on any atom is 0.252 e. The Morgan fingerprint density at radius 2 is 2.00 bits per heavy atom. The maximum atomic E-state index is 11.8. The zero-order chi connectivity index (χ0) is 18.9. The molecule has 27 heavy (non-hydrogen) atoms. The number of aromatic nitrogens is 2. The molecular formula is C21H29N3O3. The molecule has 1 aliphatic rings. The summed E-state index contributed by atoms with van der Waals surface area (Å²) in [5, 5.41) is 0. The maximum absolute atomic E-state index is 11.8. The van der Waals surface area contributed by atoms with Crippen molar-refractivity contribution in [2.45, 2.75) is 32.2 Å². The first-order chi connectivity index (χ1) is 13.3. The number of aromatic amines is 1. The average molecular weight is 371 g/mol.